The average Bonchev–Trinajstić information content (AvgIpc) is 2.97. The highest BCUT2D eigenvalue weighted by Gasteiger charge is 2.35. The summed E-state index contributed by atoms with van der Waals surface area (Å²) in [6, 6.07) is 9.60. The number of benzene rings is 1. The van der Waals surface area contributed by atoms with Crippen LogP contribution in [-0.4, -0.2) is 67.4 Å². The van der Waals surface area contributed by atoms with Gasteiger partial charge in [0.15, 0.2) is 0 Å². The Kier molecular flexibility index (Phi) is 6.50. The predicted molar refractivity (Wildman–Crippen MR) is 108 cm³/mol. The van der Waals surface area contributed by atoms with Crippen molar-refractivity contribution < 1.29 is 14.3 Å². The van der Waals surface area contributed by atoms with Crippen molar-refractivity contribution >= 4 is 6.03 Å². The number of ether oxygens (including phenoxy) is 2. The maximum absolute atomic E-state index is 12.6. The Morgan fingerprint density at radius 2 is 1.79 bits per heavy atom. The summed E-state index contributed by atoms with van der Waals surface area (Å²) in [5.74, 6) is 0. The Morgan fingerprint density at radius 3 is 2.57 bits per heavy atom. The van der Waals surface area contributed by atoms with Crippen LogP contribution in [0.3, 0.4) is 0 Å². The summed E-state index contributed by atoms with van der Waals surface area (Å²) in [5, 5.41) is 3.10. The minimum absolute atomic E-state index is 0.0628. The van der Waals surface area contributed by atoms with Crippen LogP contribution in [0.15, 0.2) is 24.3 Å². The van der Waals surface area contributed by atoms with Gasteiger partial charge in [0.25, 0.3) is 0 Å². The molecule has 6 heteroatoms. The first-order valence-corrected chi connectivity index (χ1v) is 10.7. The van der Waals surface area contributed by atoms with Crippen LogP contribution in [0.2, 0.25) is 0 Å². The van der Waals surface area contributed by atoms with Crippen LogP contribution in [0.4, 0.5) is 4.79 Å². The van der Waals surface area contributed by atoms with Crippen molar-refractivity contribution in [1.29, 1.82) is 0 Å². The zero-order valence-electron chi connectivity index (χ0n) is 16.9. The lowest BCUT2D eigenvalue weighted by Crippen LogP contribution is -2.44. The Labute approximate surface area is 168 Å². The summed E-state index contributed by atoms with van der Waals surface area (Å²) in [4.78, 5) is 17.1. The molecular formula is C22H33N3O3. The molecule has 2 unspecified atom stereocenters. The maximum Gasteiger partial charge on any atom is 0.317 e. The van der Waals surface area contributed by atoms with Gasteiger partial charge in [0.2, 0.25) is 0 Å². The Bertz CT molecular complexity index is 645. The summed E-state index contributed by atoms with van der Waals surface area (Å²) in [7, 11) is 2.21. The van der Waals surface area contributed by atoms with Gasteiger partial charge in [0, 0.05) is 44.9 Å². The van der Waals surface area contributed by atoms with Crippen LogP contribution in [-0.2, 0) is 22.6 Å². The van der Waals surface area contributed by atoms with E-state index in [1.807, 2.05) is 4.90 Å². The number of likely N-dealkylation sites (tertiary alicyclic amines) is 1. The number of urea groups is 1. The van der Waals surface area contributed by atoms with E-state index in [0.717, 1.165) is 51.1 Å². The molecule has 154 valence electrons. The molecule has 2 atom stereocenters. The van der Waals surface area contributed by atoms with Gasteiger partial charge in [-0.25, -0.2) is 4.79 Å². The van der Waals surface area contributed by atoms with Gasteiger partial charge >= 0.3 is 6.03 Å². The molecule has 3 heterocycles. The summed E-state index contributed by atoms with van der Waals surface area (Å²) >= 11 is 0. The van der Waals surface area contributed by atoms with Crippen molar-refractivity contribution in [3.63, 3.8) is 0 Å². The highest BCUT2D eigenvalue weighted by atomic mass is 16.5. The molecule has 3 aliphatic rings. The summed E-state index contributed by atoms with van der Waals surface area (Å²) < 4.78 is 11.3. The third kappa shape index (κ3) is 4.85. The van der Waals surface area contributed by atoms with Gasteiger partial charge in [0.05, 0.1) is 12.7 Å². The zero-order valence-corrected chi connectivity index (χ0v) is 16.9. The molecule has 4 rings (SSSR count). The number of hydrogen-bond acceptors (Lipinski definition) is 4. The number of fused-ring (bicyclic) bond motifs is 2. The van der Waals surface area contributed by atoms with Crippen molar-refractivity contribution in [3.8, 4) is 0 Å². The first-order valence-electron chi connectivity index (χ1n) is 10.7. The third-order valence-electron chi connectivity index (χ3n) is 6.56. The first kappa shape index (κ1) is 19.7. The van der Waals surface area contributed by atoms with E-state index in [2.05, 4.69) is 41.5 Å². The fraction of sp³-hybridized carbons (Fsp3) is 0.682. The number of hydrogen-bond donors (Lipinski definition) is 1. The maximum atomic E-state index is 12.6. The summed E-state index contributed by atoms with van der Waals surface area (Å²) in [5.41, 5.74) is 2.30. The molecule has 28 heavy (non-hydrogen) atoms. The van der Waals surface area contributed by atoms with Crippen molar-refractivity contribution in [2.45, 2.75) is 63.4 Å². The highest BCUT2D eigenvalue weighted by Crippen LogP contribution is 2.28. The second-order valence-electron chi connectivity index (χ2n) is 8.38. The van der Waals surface area contributed by atoms with Gasteiger partial charge in [-0.2, -0.15) is 0 Å². The number of rotatable bonds is 5. The monoisotopic (exact) mass is 387 g/mol. The summed E-state index contributed by atoms with van der Waals surface area (Å²) in [6.45, 7) is 4.53. The van der Waals surface area contributed by atoms with Crippen LogP contribution in [0.1, 0.15) is 43.2 Å². The fourth-order valence-corrected chi connectivity index (χ4v) is 4.59. The van der Waals surface area contributed by atoms with E-state index in [-0.39, 0.29) is 6.03 Å². The molecule has 2 amide bonds. The van der Waals surface area contributed by atoms with Gasteiger partial charge in [-0.1, -0.05) is 24.3 Å². The lowest BCUT2D eigenvalue weighted by Gasteiger charge is -2.26. The lowest BCUT2D eigenvalue weighted by atomic mass is 10.1. The van der Waals surface area contributed by atoms with Crippen molar-refractivity contribution in [1.82, 2.24) is 15.1 Å². The molecule has 1 N–H and O–H groups in total. The largest absolute Gasteiger partial charge is 0.381 e. The molecule has 0 saturated carbocycles. The predicted octanol–water partition coefficient (Wildman–Crippen LogP) is 2.76. The molecule has 0 aliphatic carbocycles. The lowest BCUT2D eigenvalue weighted by molar-refractivity contribution is -0.0390. The normalized spacial score (nSPS) is 26.2. The molecule has 1 aromatic rings. The fourth-order valence-electron chi connectivity index (χ4n) is 4.59. The number of likely N-dealkylation sites (N-methyl/N-ethyl adjacent to an activating group) is 1. The van der Waals surface area contributed by atoms with Gasteiger partial charge in [-0.15, -0.1) is 0 Å². The highest BCUT2D eigenvalue weighted by molar-refractivity contribution is 5.74. The number of nitrogens with zero attached hydrogens (tertiary/aromatic N) is 2. The van der Waals surface area contributed by atoms with E-state index in [1.165, 1.54) is 18.4 Å². The molecule has 0 radical (unpaired) electrons. The van der Waals surface area contributed by atoms with Gasteiger partial charge < -0.3 is 19.7 Å². The number of amides is 2. The topological polar surface area (TPSA) is 54.0 Å². The third-order valence-corrected chi connectivity index (χ3v) is 6.56. The minimum Gasteiger partial charge on any atom is -0.381 e. The number of carbonyl (C=O) groups is 1. The molecule has 0 spiro atoms. The van der Waals surface area contributed by atoms with E-state index >= 15 is 0 Å². The molecular weight excluding hydrogens is 354 g/mol. The molecule has 1 aromatic carbocycles. The van der Waals surface area contributed by atoms with Crippen molar-refractivity contribution in [3.05, 3.63) is 35.4 Å². The van der Waals surface area contributed by atoms with Gasteiger partial charge in [-0.05, 0) is 50.3 Å². The van der Waals surface area contributed by atoms with Crippen LogP contribution in [0.5, 0.6) is 0 Å². The number of nitrogens with one attached hydrogen (secondary N) is 1. The van der Waals surface area contributed by atoms with E-state index in [1.54, 1.807) is 0 Å². The molecule has 2 bridgehead atoms. The quantitative estimate of drug-likeness (QED) is 0.844. The summed E-state index contributed by atoms with van der Waals surface area (Å²) in [6.07, 6.45) is 5.86. The van der Waals surface area contributed by atoms with E-state index < -0.39 is 0 Å². The Hall–Kier alpha value is -1.63. The minimum atomic E-state index is 0.0628. The second-order valence-corrected chi connectivity index (χ2v) is 8.38. The Morgan fingerprint density at radius 1 is 1.07 bits per heavy atom. The SMILES string of the molecule is CN1C2CCC1CN(C(=O)NCc1ccc(COC3CCOCC3)cc1)CC2. The van der Waals surface area contributed by atoms with E-state index in [0.29, 0.717) is 31.3 Å². The van der Waals surface area contributed by atoms with Crippen LogP contribution >= 0.6 is 0 Å². The van der Waals surface area contributed by atoms with E-state index in [9.17, 15) is 4.79 Å². The average molecular weight is 388 g/mol. The first-order chi connectivity index (χ1) is 13.7. The molecule has 3 aliphatic heterocycles. The van der Waals surface area contributed by atoms with Crippen LogP contribution in [0.25, 0.3) is 0 Å². The molecule has 6 nitrogen and oxygen atoms in total. The smallest absolute Gasteiger partial charge is 0.317 e. The van der Waals surface area contributed by atoms with Gasteiger partial charge in [-0.3, -0.25) is 4.90 Å². The van der Waals surface area contributed by atoms with Crippen LogP contribution < -0.4 is 5.32 Å². The van der Waals surface area contributed by atoms with E-state index in [4.69, 9.17) is 9.47 Å². The van der Waals surface area contributed by atoms with Crippen molar-refractivity contribution in [2.75, 3.05) is 33.4 Å². The van der Waals surface area contributed by atoms with Gasteiger partial charge in [0.1, 0.15) is 0 Å². The standard InChI is InChI=1S/C22H33N3O3/c1-24-19-6-7-20(24)15-25(11-8-19)22(26)23-14-17-2-4-18(5-3-17)16-28-21-9-12-27-13-10-21/h2-5,19-21H,6-16H2,1H3,(H,23,26). The van der Waals surface area contributed by atoms with Crippen molar-refractivity contribution in [2.24, 2.45) is 0 Å². The number of carbonyl (C=O) groups excluding carboxylic acids is 1. The molecule has 0 aromatic heterocycles. The Balaban J connectivity index is 1.21. The zero-order chi connectivity index (χ0) is 19.3. The molecule has 3 fully saturated rings. The molecule has 3 saturated heterocycles. The van der Waals surface area contributed by atoms with Crippen LogP contribution in [0, 0.1) is 0 Å². The second kappa shape index (κ2) is 9.25.